The van der Waals surface area contributed by atoms with E-state index >= 15 is 0 Å². The van der Waals surface area contributed by atoms with E-state index in [-0.39, 0.29) is 5.95 Å². The summed E-state index contributed by atoms with van der Waals surface area (Å²) < 4.78 is 0. The first-order valence-corrected chi connectivity index (χ1v) is 3.94. The monoisotopic (exact) mass is 195 g/mol. The first kappa shape index (κ1) is 8.00. The predicted octanol–water partition coefficient (Wildman–Crippen LogP) is 1.10. The van der Waals surface area contributed by atoms with Crippen molar-refractivity contribution < 1.29 is 0 Å². The molecule has 2 heterocycles. The number of rotatable bonds is 1. The highest BCUT2D eigenvalue weighted by atomic mass is 35.5. The molecule has 0 bridgehead atoms. The summed E-state index contributed by atoms with van der Waals surface area (Å²) in [7, 11) is 0. The number of nitrogen functional groups attached to an aromatic ring is 1. The second-order valence-electron chi connectivity index (χ2n) is 2.39. The van der Waals surface area contributed by atoms with E-state index in [9.17, 15) is 0 Å². The van der Waals surface area contributed by atoms with Crippen molar-refractivity contribution in [2.24, 2.45) is 0 Å². The fourth-order valence-electron chi connectivity index (χ4n) is 0.929. The van der Waals surface area contributed by atoms with Gasteiger partial charge >= 0.3 is 0 Å². The third-order valence-electron chi connectivity index (χ3n) is 1.46. The number of hydrogen-bond donors (Lipinski definition) is 2. The van der Waals surface area contributed by atoms with Crippen LogP contribution in [0.2, 0.25) is 5.15 Å². The summed E-state index contributed by atoms with van der Waals surface area (Å²) in [6.07, 6.45) is 0. The number of anilines is 1. The van der Waals surface area contributed by atoms with E-state index in [1.165, 1.54) is 0 Å². The lowest BCUT2D eigenvalue weighted by Gasteiger charge is -1.93. The number of H-pyrrole nitrogens is 1. The van der Waals surface area contributed by atoms with Crippen LogP contribution in [-0.4, -0.2) is 20.2 Å². The fourth-order valence-corrected chi connectivity index (χ4v) is 1.09. The molecule has 0 saturated heterocycles. The van der Waals surface area contributed by atoms with Gasteiger partial charge in [-0.15, -0.1) is 5.10 Å². The standard InChI is InChI=1S/C7H6ClN5/c8-5-3-1-2-4(10-5)6-11-7(9)13-12-6/h1-3H,(H3,9,11,12,13). The van der Waals surface area contributed by atoms with E-state index in [1.807, 2.05) is 0 Å². The normalized spacial score (nSPS) is 10.2. The van der Waals surface area contributed by atoms with Gasteiger partial charge in [0, 0.05) is 0 Å². The van der Waals surface area contributed by atoms with Gasteiger partial charge < -0.3 is 5.73 Å². The van der Waals surface area contributed by atoms with Crippen LogP contribution in [-0.2, 0) is 0 Å². The van der Waals surface area contributed by atoms with E-state index in [0.29, 0.717) is 16.7 Å². The van der Waals surface area contributed by atoms with Crippen molar-refractivity contribution in [3.63, 3.8) is 0 Å². The summed E-state index contributed by atoms with van der Waals surface area (Å²) in [6.45, 7) is 0. The zero-order chi connectivity index (χ0) is 9.26. The third-order valence-corrected chi connectivity index (χ3v) is 1.67. The molecule has 2 aromatic heterocycles. The van der Waals surface area contributed by atoms with Gasteiger partial charge in [0.15, 0.2) is 5.82 Å². The minimum atomic E-state index is 0.191. The molecule has 0 saturated carbocycles. The quantitative estimate of drug-likeness (QED) is 0.668. The molecule has 0 atom stereocenters. The van der Waals surface area contributed by atoms with Crippen LogP contribution < -0.4 is 5.73 Å². The van der Waals surface area contributed by atoms with Gasteiger partial charge in [-0.1, -0.05) is 17.7 Å². The Labute approximate surface area is 79.0 Å². The number of nitrogens with two attached hydrogens (primary N) is 1. The molecule has 0 amide bonds. The van der Waals surface area contributed by atoms with Gasteiger partial charge in [0.05, 0.1) is 0 Å². The Kier molecular flexibility index (Phi) is 1.86. The van der Waals surface area contributed by atoms with Crippen LogP contribution in [0.3, 0.4) is 0 Å². The Morgan fingerprint density at radius 3 is 2.77 bits per heavy atom. The largest absolute Gasteiger partial charge is 0.366 e. The molecule has 2 rings (SSSR count). The number of nitrogens with zero attached hydrogens (tertiary/aromatic N) is 3. The lowest BCUT2D eigenvalue weighted by atomic mass is 10.3. The average molecular weight is 196 g/mol. The first-order chi connectivity index (χ1) is 6.25. The van der Waals surface area contributed by atoms with Crippen molar-refractivity contribution in [2.75, 3.05) is 5.73 Å². The lowest BCUT2D eigenvalue weighted by molar-refractivity contribution is 1.09. The average Bonchev–Trinajstić information content (AvgIpc) is 2.52. The summed E-state index contributed by atoms with van der Waals surface area (Å²) in [5, 5.41) is 6.73. The topological polar surface area (TPSA) is 80.5 Å². The number of aromatic amines is 1. The molecule has 66 valence electrons. The molecule has 5 nitrogen and oxygen atoms in total. The molecule has 0 aromatic carbocycles. The Hall–Kier alpha value is -1.62. The number of aromatic nitrogens is 4. The molecule has 0 aliphatic rings. The molecular weight excluding hydrogens is 190 g/mol. The summed E-state index contributed by atoms with van der Waals surface area (Å²) in [6, 6.07) is 5.24. The Morgan fingerprint density at radius 1 is 1.31 bits per heavy atom. The summed E-state index contributed by atoms with van der Waals surface area (Å²) in [4.78, 5) is 7.94. The van der Waals surface area contributed by atoms with Crippen LogP contribution in [0.4, 0.5) is 5.95 Å². The molecule has 13 heavy (non-hydrogen) atoms. The number of hydrogen-bond acceptors (Lipinski definition) is 4. The first-order valence-electron chi connectivity index (χ1n) is 3.56. The molecule has 0 fully saturated rings. The maximum absolute atomic E-state index is 5.70. The molecule has 6 heteroatoms. The smallest absolute Gasteiger partial charge is 0.239 e. The van der Waals surface area contributed by atoms with Crippen LogP contribution in [0.5, 0.6) is 0 Å². The molecule has 0 radical (unpaired) electrons. The molecule has 0 aliphatic heterocycles. The highest BCUT2D eigenvalue weighted by Gasteiger charge is 2.04. The van der Waals surface area contributed by atoms with E-state index in [2.05, 4.69) is 20.2 Å². The summed E-state index contributed by atoms with van der Waals surface area (Å²) >= 11 is 5.70. The van der Waals surface area contributed by atoms with Gasteiger partial charge in [-0.25, -0.2) is 4.98 Å². The second-order valence-corrected chi connectivity index (χ2v) is 2.78. The number of pyridine rings is 1. The van der Waals surface area contributed by atoms with E-state index in [1.54, 1.807) is 18.2 Å². The molecule has 2 aromatic rings. The van der Waals surface area contributed by atoms with Gasteiger partial charge in [-0.05, 0) is 12.1 Å². The van der Waals surface area contributed by atoms with Crippen molar-refractivity contribution in [3.05, 3.63) is 23.4 Å². The van der Waals surface area contributed by atoms with Crippen LogP contribution >= 0.6 is 11.6 Å². The van der Waals surface area contributed by atoms with Gasteiger partial charge in [-0.3, -0.25) is 5.10 Å². The predicted molar refractivity (Wildman–Crippen MR) is 49.0 cm³/mol. The summed E-state index contributed by atoms with van der Waals surface area (Å²) in [5.74, 6) is 0.705. The number of nitrogens with one attached hydrogen (secondary N) is 1. The highest BCUT2D eigenvalue weighted by Crippen LogP contribution is 2.14. The number of halogens is 1. The zero-order valence-corrected chi connectivity index (χ0v) is 7.28. The van der Waals surface area contributed by atoms with E-state index in [4.69, 9.17) is 17.3 Å². The van der Waals surface area contributed by atoms with E-state index < -0.39 is 0 Å². The van der Waals surface area contributed by atoms with Gasteiger partial charge in [0.25, 0.3) is 0 Å². The van der Waals surface area contributed by atoms with Crippen LogP contribution in [0.15, 0.2) is 18.2 Å². The van der Waals surface area contributed by atoms with E-state index in [0.717, 1.165) is 0 Å². The zero-order valence-electron chi connectivity index (χ0n) is 6.53. The van der Waals surface area contributed by atoms with Crippen LogP contribution in [0, 0.1) is 0 Å². The maximum atomic E-state index is 5.70. The minimum absolute atomic E-state index is 0.191. The molecule has 3 N–H and O–H groups in total. The van der Waals surface area contributed by atoms with Crippen LogP contribution in [0.1, 0.15) is 0 Å². The molecule has 0 spiro atoms. The highest BCUT2D eigenvalue weighted by molar-refractivity contribution is 6.29. The molecule has 0 unspecified atom stereocenters. The van der Waals surface area contributed by atoms with Crippen molar-refractivity contribution in [3.8, 4) is 11.5 Å². The maximum Gasteiger partial charge on any atom is 0.239 e. The third kappa shape index (κ3) is 1.59. The van der Waals surface area contributed by atoms with Gasteiger partial charge in [0.1, 0.15) is 10.8 Å². The SMILES string of the molecule is Nc1n[nH]c(-c2cccc(Cl)n2)n1. The Balaban J connectivity index is 2.46. The van der Waals surface area contributed by atoms with Crippen molar-refractivity contribution in [2.45, 2.75) is 0 Å². The Morgan fingerprint density at radius 2 is 2.15 bits per heavy atom. The molecule has 0 aliphatic carbocycles. The second kappa shape index (κ2) is 3.02. The lowest BCUT2D eigenvalue weighted by Crippen LogP contribution is -1.87. The van der Waals surface area contributed by atoms with Gasteiger partial charge in [0.2, 0.25) is 5.95 Å². The minimum Gasteiger partial charge on any atom is -0.366 e. The molecular formula is C7H6ClN5. The van der Waals surface area contributed by atoms with Crippen LogP contribution in [0.25, 0.3) is 11.5 Å². The van der Waals surface area contributed by atoms with Crippen molar-refractivity contribution in [1.29, 1.82) is 0 Å². The van der Waals surface area contributed by atoms with Gasteiger partial charge in [-0.2, -0.15) is 4.98 Å². The van der Waals surface area contributed by atoms with Crippen molar-refractivity contribution in [1.82, 2.24) is 20.2 Å². The fraction of sp³-hybridized carbons (Fsp3) is 0. The van der Waals surface area contributed by atoms with Crippen molar-refractivity contribution >= 4 is 17.5 Å². The Bertz CT molecular complexity index is 424. The summed E-state index contributed by atoms with van der Waals surface area (Å²) in [5.41, 5.74) is 5.96.